The van der Waals surface area contributed by atoms with E-state index in [-0.39, 0.29) is 0 Å². The summed E-state index contributed by atoms with van der Waals surface area (Å²) >= 11 is 0. The second-order valence-electron chi connectivity index (χ2n) is 3.99. The molecule has 1 rings (SSSR count). The third-order valence-electron chi connectivity index (χ3n) is 2.42. The van der Waals surface area contributed by atoms with Crippen LogP contribution in [0, 0.1) is 0 Å². The molecule has 0 fully saturated rings. The van der Waals surface area contributed by atoms with Crippen molar-refractivity contribution in [3.05, 3.63) is 35.4 Å². The Balaban J connectivity index is 2.65. The van der Waals surface area contributed by atoms with E-state index >= 15 is 0 Å². The van der Waals surface area contributed by atoms with Crippen LogP contribution in [0.4, 0.5) is 13.2 Å². The highest BCUT2D eigenvalue weighted by Gasteiger charge is 2.28. The molecule has 0 amide bonds. The Morgan fingerprint density at radius 2 is 2.00 bits per heavy atom. The molecule has 1 nitrogen and oxygen atoms in total. The summed E-state index contributed by atoms with van der Waals surface area (Å²) in [5.74, 6) is -0.444. The van der Waals surface area contributed by atoms with Gasteiger partial charge in [0.05, 0.1) is 6.42 Å². The maximum Gasteiger partial charge on any atom is 0.389 e. The lowest BCUT2D eigenvalue weighted by molar-refractivity contribution is -0.133. The third-order valence-corrected chi connectivity index (χ3v) is 2.42. The summed E-state index contributed by atoms with van der Waals surface area (Å²) < 4.78 is 35.9. The Morgan fingerprint density at radius 3 is 2.59 bits per heavy atom. The first-order valence-electron chi connectivity index (χ1n) is 5.61. The first-order valence-corrected chi connectivity index (χ1v) is 5.61. The summed E-state index contributed by atoms with van der Waals surface area (Å²) in [6.45, 7) is 2.01. The fraction of sp³-hybridized carbons (Fsp3) is 0.462. The first-order chi connectivity index (χ1) is 7.92. The van der Waals surface area contributed by atoms with Crippen molar-refractivity contribution in [2.75, 3.05) is 0 Å². The van der Waals surface area contributed by atoms with E-state index in [4.69, 9.17) is 0 Å². The second-order valence-corrected chi connectivity index (χ2v) is 3.99. The highest BCUT2D eigenvalue weighted by molar-refractivity contribution is 5.96. The molecule has 4 heteroatoms. The zero-order valence-corrected chi connectivity index (χ0v) is 9.68. The Labute approximate surface area is 98.6 Å². The smallest absolute Gasteiger partial charge is 0.294 e. The van der Waals surface area contributed by atoms with E-state index in [9.17, 15) is 18.0 Å². The molecule has 0 radical (unpaired) electrons. The summed E-state index contributed by atoms with van der Waals surface area (Å²) in [6.07, 6.45) is -4.01. The predicted molar refractivity (Wildman–Crippen MR) is 60.1 cm³/mol. The van der Waals surface area contributed by atoms with Crippen LogP contribution in [0.2, 0.25) is 0 Å². The molecule has 0 aliphatic heterocycles. The van der Waals surface area contributed by atoms with Crippen LogP contribution < -0.4 is 0 Å². The van der Waals surface area contributed by atoms with E-state index < -0.39 is 24.8 Å². The number of benzene rings is 1. The number of alkyl halides is 3. The lowest BCUT2D eigenvalue weighted by Crippen LogP contribution is -2.11. The Hall–Kier alpha value is -1.32. The first kappa shape index (κ1) is 13.7. The van der Waals surface area contributed by atoms with Crippen LogP contribution in [-0.2, 0) is 6.42 Å². The summed E-state index contributed by atoms with van der Waals surface area (Å²) in [5.41, 5.74) is 1.37. The van der Waals surface area contributed by atoms with Crippen molar-refractivity contribution in [3.8, 4) is 0 Å². The zero-order valence-electron chi connectivity index (χ0n) is 9.68. The minimum atomic E-state index is -4.27. The van der Waals surface area contributed by atoms with Crippen molar-refractivity contribution >= 4 is 5.78 Å². The minimum absolute atomic E-state index is 0.375. The summed E-state index contributed by atoms with van der Waals surface area (Å²) in [7, 11) is 0. The van der Waals surface area contributed by atoms with E-state index in [1.54, 1.807) is 18.2 Å². The number of ketones is 1. The normalized spacial score (nSPS) is 11.5. The van der Waals surface area contributed by atoms with Gasteiger partial charge >= 0.3 is 6.18 Å². The van der Waals surface area contributed by atoms with Gasteiger partial charge in [-0.25, -0.2) is 0 Å². The zero-order chi connectivity index (χ0) is 12.9. The van der Waals surface area contributed by atoms with Gasteiger partial charge in [0.2, 0.25) is 0 Å². The average molecular weight is 244 g/mol. The lowest BCUT2D eigenvalue weighted by atomic mass is 10.0. The van der Waals surface area contributed by atoms with E-state index in [1.165, 1.54) is 0 Å². The van der Waals surface area contributed by atoms with Gasteiger partial charge in [0, 0.05) is 12.0 Å². The van der Waals surface area contributed by atoms with Crippen LogP contribution in [0.15, 0.2) is 24.3 Å². The van der Waals surface area contributed by atoms with Gasteiger partial charge in [0.15, 0.2) is 5.78 Å². The molecular weight excluding hydrogens is 229 g/mol. The fourth-order valence-electron chi connectivity index (χ4n) is 1.59. The number of rotatable bonds is 5. The number of carbonyl (C=O) groups excluding carboxylic acids is 1. The average Bonchev–Trinajstić information content (AvgIpc) is 2.26. The van der Waals surface area contributed by atoms with E-state index in [0.29, 0.717) is 5.56 Å². The fourth-order valence-corrected chi connectivity index (χ4v) is 1.59. The molecule has 0 atom stereocenters. The highest BCUT2D eigenvalue weighted by Crippen LogP contribution is 2.22. The van der Waals surface area contributed by atoms with Gasteiger partial charge in [-0.3, -0.25) is 4.79 Å². The van der Waals surface area contributed by atoms with Crippen molar-refractivity contribution < 1.29 is 18.0 Å². The molecule has 0 spiro atoms. The molecule has 1 aromatic carbocycles. The quantitative estimate of drug-likeness (QED) is 0.710. The van der Waals surface area contributed by atoms with Crippen LogP contribution >= 0.6 is 0 Å². The van der Waals surface area contributed by atoms with Gasteiger partial charge in [-0.15, -0.1) is 0 Å². The van der Waals surface area contributed by atoms with Crippen LogP contribution in [0.5, 0.6) is 0 Å². The van der Waals surface area contributed by atoms with Crippen LogP contribution in [-0.4, -0.2) is 12.0 Å². The summed E-state index contributed by atoms with van der Waals surface area (Å²) in [6, 6.07) is 6.84. The van der Waals surface area contributed by atoms with Crippen LogP contribution in [0.25, 0.3) is 0 Å². The van der Waals surface area contributed by atoms with Crippen molar-refractivity contribution in [1.29, 1.82) is 0 Å². The molecule has 0 saturated carbocycles. The number of hydrogen-bond donors (Lipinski definition) is 0. The molecule has 94 valence electrons. The minimum Gasteiger partial charge on any atom is -0.294 e. The van der Waals surface area contributed by atoms with Crippen molar-refractivity contribution in [3.63, 3.8) is 0 Å². The largest absolute Gasteiger partial charge is 0.389 e. The summed E-state index contributed by atoms with van der Waals surface area (Å²) in [5, 5.41) is 0. The number of halogens is 3. The molecular formula is C13H15F3O. The standard InChI is InChI=1S/C13H15F3O/c1-2-4-10-5-3-6-11(9-10)12(17)7-8-13(14,15)16/h3,5-6,9H,2,4,7-8H2,1H3. The maximum atomic E-state index is 12.0. The van der Waals surface area contributed by atoms with Gasteiger partial charge in [0.1, 0.15) is 0 Å². The summed E-state index contributed by atoms with van der Waals surface area (Å²) in [4.78, 5) is 11.5. The Kier molecular flexibility index (Phi) is 4.73. The van der Waals surface area contributed by atoms with E-state index in [0.717, 1.165) is 18.4 Å². The van der Waals surface area contributed by atoms with Crippen molar-refractivity contribution in [2.45, 2.75) is 38.8 Å². The molecule has 0 N–H and O–H groups in total. The van der Waals surface area contributed by atoms with Gasteiger partial charge in [-0.2, -0.15) is 13.2 Å². The molecule has 1 aromatic rings. The van der Waals surface area contributed by atoms with Gasteiger partial charge in [0.25, 0.3) is 0 Å². The molecule has 0 aromatic heterocycles. The molecule has 0 bridgehead atoms. The molecule has 17 heavy (non-hydrogen) atoms. The molecule has 0 heterocycles. The number of Topliss-reactive ketones (excluding diaryl/α,β-unsaturated/α-hetero) is 1. The van der Waals surface area contributed by atoms with Crippen molar-refractivity contribution in [1.82, 2.24) is 0 Å². The van der Waals surface area contributed by atoms with Gasteiger partial charge in [-0.05, 0) is 18.1 Å². The van der Waals surface area contributed by atoms with Gasteiger partial charge < -0.3 is 0 Å². The monoisotopic (exact) mass is 244 g/mol. The lowest BCUT2D eigenvalue weighted by Gasteiger charge is -2.06. The van der Waals surface area contributed by atoms with Crippen LogP contribution in [0.3, 0.4) is 0 Å². The molecule has 0 aliphatic carbocycles. The number of aryl methyl sites for hydroxylation is 1. The topological polar surface area (TPSA) is 17.1 Å². The van der Waals surface area contributed by atoms with E-state index in [2.05, 4.69) is 0 Å². The Morgan fingerprint density at radius 1 is 1.29 bits per heavy atom. The Bertz CT molecular complexity index is 382. The molecule has 0 unspecified atom stereocenters. The molecule has 0 aliphatic rings. The van der Waals surface area contributed by atoms with E-state index in [1.807, 2.05) is 13.0 Å². The maximum absolute atomic E-state index is 12.0. The SMILES string of the molecule is CCCc1cccc(C(=O)CCC(F)(F)F)c1. The number of hydrogen-bond acceptors (Lipinski definition) is 1. The predicted octanol–water partition coefficient (Wildman–Crippen LogP) is 4.16. The van der Waals surface area contributed by atoms with Crippen LogP contribution in [0.1, 0.15) is 42.1 Å². The highest BCUT2D eigenvalue weighted by atomic mass is 19.4. The number of carbonyl (C=O) groups is 1. The second kappa shape index (κ2) is 5.84. The molecule has 0 saturated heterocycles. The third kappa shape index (κ3) is 5.02. The van der Waals surface area contributed by atoms with Crippen molar-refractivity contribution in [2.24, 2.45) is 0 Å². The van der Waals surface area contributed by atoms with Gasteiger partial charge in [-0.1, -0.05) is 31.5 Å².